The van der Waals surface area contributed by atoms with E-state index in [1.807, 2.05) is 0 Å². The fourth-order valence-electron chi connectivity index (χ4n) is 6.35. The van der Waals surface area contributed by atoms with Crippen molar-refractivity contribution in [2.45, 2.75) is 225 Å². The van der Waals surface area contributed by atoms with Crippen LogP contribution in [0.5, 0.6) is 0 Å². The van der Waals surface area contributed by atoms with Crippen LogP contribution in [0.4, 0.5) is 0 Å². The monoisotopic (exact) mass is 803 g/mol. The smallest absolute Gasteiger partial charge is 0.457 e. The summed E-state index contributed by atoms with van der Waals surface area (Å²) in [5.41, 5.74) is 0. The number of phosphoric ester groups is 1. The van der Waals surface area contributed by atoms with Crippen molar-refractivity contribution < 1.29 is 43.0 Å². The summed E-state index contributed by atoms with van der Waals surface area (Å²) in [6.45, 7) is 3.51. The molecule has 0 fully saturated rings. The van der Waals surface area contributed by atoms with Crippen molar-refractivity contribution in [2.75, 3.05) is 33.0 Å². The second kappa shape index (κ2) is 42.5. The Labute approximate surface area is 338 Å². The van der Waals surface area contributed by atoms with Crippen LogP contribution in [0.15, 0.2) is 24.3 Å². The van der Waals surface area contributed by atoms with Crippen LogP contribution in [-0.4, -0.2) is 66.3 Å². The third-order valence-electron chi connectivity index (χ3n) is 9.86. The minimum Gasteiger partial charge on any atom is -0.457 e. The zero-order valence-corrected chi connectivity index (χ0v) is 36.6. The van der Waals surface area contributed by atoms with Gasteiger partial charge in [0.25, 0.3) is 0 Å². The summed E-state index contributed by atoms with van der Waals surface area (Å²) in [6, 6.07) is 0. The summed E-state index contributed by atoms with van der Waals surface area (Å²) in [6.07, 6.45) is 44.2. The van der Waals surface area contributed by atoms with Gasteiger partial charge in [0.15, 0.2) is 0 Å². The summed E-state index contributed by atoms with van der Waals surface area (Å²) in [5, 5.41) is 18.3. The van der Waals surface area contributed by atoms with E-state index in [2.05, 4.69) is 38.2 Å². The number of carbonyl (C=O) groups excluding carboxylic acids is 1. The zero-order valence-electron chi connectivity index (χ0n) is 35.7. The highest BCUT2D eigenvalue weighted by Crippen LogP contribution is 2.43. The number of aliphatic hydroxyl groups excluding tert-OH is 2. The number of carbonyl (C=O) groups is 1. The summed E-state index contributed by atoms with van der Waals surface area (Å²) in [5.74, 6) is -0.385. The maximum Gasteiger partial charge on any atom is 0.472 e. The third-order valence-corrected chi connectivity index (χ3v) is 10.8. The molecule has 0 aliphatic heterocycles. The van der Waals surface area contributed by atoms with Gasteiger partial charge in [0, 0.05) is 13.0 Å². The number of unbranched alkanes of at least 4 members (excludes halogenated alkanes) is 26. The van der Waals surface area contributed by atoms with E-state index < -0.39 is 33.2 Å². The molecule has 0 aliphatic carbocycles. The van der Waals surface area contributed by atoms with E-state index in [-0.39, 0.29) is 25.6 Å². The molecule has 0 aliphatic rings. The van der Waals surface area contributed by atoms with Crippen molar-refractivity contribution in [2.24, 2.45) is 0 Å². The maximum atomic E-state index is 12.6. The quantitative estimate of drug-likeness (QED) is 0.0238. The van der Waals surface area contributed by atoms with E-state index in [9.17, 15) is 19.4 Å². The van der Waals surface area contributed by atoms with Crippen LogP contribution in [-0.2, 0) is 27.9 Å². The summed E-state index contributed by atoms with van der Waals surface area (Å²) in [4.78, 5) is 22.6. The number of esters is 1. The first-order valence-corrected chi connectivity index (χ1v) is 24.3. The van der Waals surface area contributed by atoms with Crippen LogP contribution in [0.1, 0.15) is 213 Å². The lowest BCUT2D eigenvalue weighted by molar-refractivity contribution is -0.154. The molecular weight excluding hydrogens is 715 g/mol. The Kier molecular flexibility index (Phi) is 41.7. The van der Waals surface area contributed by atoms with Gasteiger partial charge in [-0.05, 0) is 64.2 Å². The first-order chi connectivity index (χ1) is 26.8. The van der Waals surface area contributed by atoms with Crippen molar-refractivity contribution in [1.29, 1.82) is 0 Å². The van der Waals surface area contributed by atoms with Crippen LogP contribution < -0.4 is 0 Å². The van der Waals surface area contributed by atoms with Crippen LogP contribution >= 0.6 is 7.82 Å². The van der Waals surface area contributed by atoms with Gasteiger partial charge in [-0.3, -0.25) is 13.8 Å². The van der Waals surface area contributed by atoms with E-state index >= 15 is 0 Å². The van der Waals surface area contributed by atoms with E-state index in [1.54, 1.807) is 0 Å². The molecule has 0 saturated heterocycles. The second-order valence-corrected chi connectivity index (χ2v) is 16.9. The molecule has 0 aromatic carbocycles. The lowest BCUT2D eigenvalue weighted by Crippen LogP contribution is -2.29. The Hall–Kier alpha value is -1.06. The van der Waals surface area contributed by atoms with Gasteiger partial charge >= 0.3 is 13.8 Å². The molecule has 10 heteroatoms. The van der Waals surface area contributed by atoms with Gasteiger partial charge in [-0.2, -0.15) is 0 Å². The van der Waals surface area contributed by atoms with Crippen LogP contribution in [0.25, 0.3) is 0 Å². The first-order valence-electron chi connectivity index (χ1n) is 22.8. The second-order valence-electron chi connectivity index (χ2n) is 15.4. The Morgan fingerprint density at radius 1 is 0.545 bits per heavy atom. The van der Waals surface area contributed by atoms with Crippen LogP contribution in [0.2, 0.25) is 0 Å². The molecule has 0 rings (SSSR count). The first kappa shape index (κ1) is 53.9. The number of ether oxygens (including phenoxy) is 2. The molecule has 3 atom stereocenters. The highest BCUT2D eigenvalue weighted by atomic mass is 31.2. The van der Waals surface area contributed by atoms with Crippen LogP contribution in [0.3, 0.4) is 0 Å². The molecule has 0 aromatic rings. The van der Waals surface area contributed by atoms with Crippen molar-refractivity contribution in [3.05, 3.63) is 24.3 Å². The SMILES string of the molecule is CCCCC/C=C\CCCCCCCCOCC(COP(=O)(O)OCC(O)CO)OC(=O)CCCCCCCCCCC/C=C\CCCCCCCCCC. The van der Waals surface area contributed by atoms with Gasteiger partial charge in [0.05, 0.1) is 26.4 Å². The molecule has 3 unspecified atom stereocenters. The fraction of sp³-hybridized carbons (Fsp3) is 0.889. The molecule has 0 amide bonds. The number of hydrogen-bond donors (Lipinski definition) is 3. The largest absolute Gasteiger partial charge is 0.472 e. The number of allylic oxidation sites excluding steroid dienone is 4. The molecule has 9 nitrogen and oxygen atoms in total. The van der Waals surface area contributed by atoms with Gasteiger partial charge in [0.1, 0.15) is 12.2 Å². The lowest BCUT2D eigenvalue weighted by Gasteiger charge is -2.20. The number of rotatable bonds is 44. The molecule has 3 N–H and O–H groups in total. The van der Waals surface area contributed by atoms with E-state index in [1.165, 1.54) is 148 Å². The Balaban J connectivity index is 4.09. The van der Waals surface area contributed by atoms with Crippen molar-refractivity contribution in [3.63, 3.8) is 0 Å². The molecule has 55 heavy (non-hydrogen) atoms. The summed E-state index contributed by atoms with van der Waals surface area (Å²) >= 11 is 0. The molecule has 0 aromatic heterocycles. The minimum atomic E-state index is -4.52. The number of aliphatic hydroxyl groups is 2. The van der Waals surface area contributed by atoms with E-state index in [0.717, 1.165) is 44.9 Å². The zero-order chi connectivity index (χ0) is 40.3. The van der Waals surface area contributed by atoms with Gasteiger partial charge in [0.2, 0.25) is 0 Å². The van der Waals surface area contributed by atoms with E-state index in [0.29, 0.717) is 6.61 Å². The standard InChI is InChI=1S/C45H87O9P/c1-3-5-7-9-11-13-15-17-18-19-20-21-22-23-24-25-27-29-31-33-35-37-45(48)54-44(42-53-55(49,50)52-40-43(47)39-46)41-51-38-36-34-32-30-28-26-16-14-12-10-8-6-4-2/h12,14,19-20,43-44,46-47H,3-11,13,15-18,21-42H2,1-2H3,(H,49,50)/b14-12-,20-19-. The summed E-state index contributed by atoms with van der Waals surface area (Å²) in [7, 11) is -4.52. The molecular formula is C45H87O9P. The molecule has 0 bridgehead atoms. The highest BCUT2D eigenvalue weighted by Gasteiger charge is 2.26. The Bertz CT molecular complexity index is 913. The Morgan fingerprint density at radius 2 is 0.927 bits per heavy atom. The summed E-state index contributed by atoms with van der Waals surface area (Å²) < 4.78 is 33.4. The van der Waals surface area contributed by atoms with Crippen molar-refractivity contribution >= 4 is 13.8 Å². The van der Waals surface area contributed by atoms with E-state index in [4.69, 9.17) is 23.6 Å². The van der Waals surface area contributed by atoms with Gasteiger partial charge in [-0.15, -0.1) is 0 Å². The highest BCUT2D eigenvalue weighted by molar-refractivity contribution is 7.47. The molecule has 0 spiro atoms. The van der Waals surface area contributed by atoms with Gasteiger partial charge in [-0.25, -0.2) is 4.57 Å². The number of phosphoric acid groups is 1. The Morgan fingerprint density at radius 3 is 1.40 bits per heavy atom. The molecule has 0 radical (unpaired) electrons. The predicted octanol–water partition coefficient (Wildman–Crippen LogP) is 12.6. The van der Waals surface area contributed by atoms with Crippen molar-refractivity contribution in [1.82, 2.24) is 0 Å². The maximum absolute atomic E-state index is 12.6. The minimum absolute atomic E-state index is 0.0468. The normalized spacial score (nSPS) is 14.2. The van der Waals surface area contributed by atoms with Gasteiger partial charge < -0.3 is 24.6 Å². The fourth-order valence-corrected chi connectivity index (χ4v) is 7.13. The van der Waals surface area contributed by atoms with Gasteiger partial charge in [-0.1, -0.05) is 167 Å². The average Bonchev–Trinajstić information content (AvgIpc) is 3.18. The topological polar surface area (TPSA) is 132 Å². The molecule has 326 valence electrons. The molecule has 0 heterocycles. The lowest BCUT2D eigenvalue weighted by atomic mass is 10.1. The predicted molar refractivity (Wildman–Crippen MR) is 228 cm³/mol. The molecule has 0 saturated carbocycles. The van der Waals surface area contributed by atoms with Crippen molar-refractivity contribution in [3.8, 4) is 0 Å². The number of hydrogen-bond acceptors (Lipinski definition) is 8. The van der Waals surface area contributed by atoms with Crippen LogP contribution in [0, 0.1) is 0 Å². The average molecular weight is 803 g/mol. The third kappa shape index (κ3) is 42.4.